The van der Waals surface area contributed by atoms with Crippen LogP contribution in [0.15, 0.2) is 29.6 Å². The summed E-state index contributed by atoms with van der Waals surface area (Å²) < 4.78 is 0.927. The molecule has 2 aromatic rings. The second kappa shape index (κ2) is 5.13. The van der Waals surface area contributed by atoms with Crippen molar-refractivity contribution in [1.82, 2.24) is 4.90 Å². The van der Waals surface area contributed by atoms with E-state index in [-0.39, 0.29) is 12.5 Å². The molecule has 1 aliphatic heterocycles. The molecule has 0 spiro atoms. The van der Waals surface area contributed by atoms with E-state index in [0.717, 1.165) is 10.1 Å². The molecule has 5 nitrogen and oxygen atoms in total. The van der Waals surface area contributed by atoms with Crippen molar-refractivity contribution < 1.29 is 14.7 Å². The molecule has 1 saturated heterocycles. The van der Waals surface area contributed by atoms with Crippen LogP contribution >= 0.6 is 11.3 Å². The van der Waals surface area contributed by atoms with E-state index in [2.05, 4.69) is 0 Å². The van der Waals surface area contributed by atoms with E-state index < -0.39 is 11.5 Å². The maximum Gasteiger partial charge on any atom is 0.255 e. The molecule has 1 atom stereocenters. The Kier molecular flexibility index (Phi) is 3.43. The molecule has 3 rings (SSSR count). The van der Waals surface area contributed by atoms with Crippen LogP contribution in [0.2, 0.25) is 0 Å². The summed E-state index contributed by atoms with van der Waals surface area (Å²) >= 11 is 1.51. The first kappa shape index (κ1) is 14.0. The zero-order valence-corrected chi connectivity index (χ0v) is 12.2. The summed E-state index contributed by atoms with van der Waals surface area (Å²) in [5.74, 6) is -0.934. The molecule has 2 heterocycles. The Morgan fingerprint density at radius 2 is 2.14 bits per heavy atom. The number of β-amino-alcohol motifs (C(OH)–C–C–N with tert-alkyl or cyclic N) is 1. The zero-order chi connectivity index (χ0) is 15.0. The average Bonchev–Trinajstić information content (AvgIpc) is 2.94. The standard InChI is InChI=1S/C15H16N2O3S/c16-14(19)15(20)6-2-7-17(9-15)13(18)11-4-1-3-10-5-8-21-12(10)11/h1,3-5,8,20H,2,6-7,9H2,(H2,16,19). The first-order chi connectivity index (χ1) is 10.0. The molecule has 21 heavy (non-hydrogen) atoms. The fraction of sp³-hybridized carbons (Fsp3) is 0.333. The number of nitrogens with zero attached hydrogens (tertiary/aromatic N) is 1. The predicted octanol–water partition coefficient (Wildman–Crippen LogP) is 1.35. The van der Waals surface area contributed by atoms with Crippen LogP contribution in [0.3, 0.4) is 0 Å². The first-order valence-corrected chi connectivity index (χ1v) is 7.67. The quantitative estimate of drug-likeness (QED) is 0.878. The van der Waals surface area contributed by atoms with Gasteiger partial charge in [0.2, 0.25) is 0 Å². The number of primary amides is 1. The fourth-order valence-corrected chi connectivity index (χ4v) is 3.65. The summed E-state index contributed by atoms with van der Waals surface area (Å²) in [6, 6.07) is 7.54. The zero-order valence-electron chi connectivity index (χ0n) is 11.4. The SMILES string of the molecule is NC(=O)C1(O)CCCN(C(=O)c2cccc3ccsc23)C1. The Morgan fingerprint density at radius 1 is 1.33 bits per heavy atom. The number of amides is 2. The minimum absolute atomic E-state index is 0.0388. The smallest absolute Gasteiger partial charge is 0.255 e. The Bertz CT molecular complexity index is 712. The van der Waals surface area contributed by atoms with Gasteiger partial charge in [-0.3, -0.25) is 9.59 Å². The summed E-state index contributed by atoms with van der Waals surface area (Å²) in [5, 5.41) is 13.2. The van der Waals surface area contributed by atoms with Gasteiger partial charge in [-0.05, 0) is 35.7 Å². The number of likely N-dealkylation sites (tertiary alicyclic amines) is 1. The van der Waals surface area contributed by atoms with E-state index in [9.17, 15) is 14.7 Å². The number of fused-ring (bicyclic) bond motifs is 1. The van der Waals surface area contributed by atoms with Gasteiger partial charge in [0.15, 0.2) is 5.60 Å². The monoisotopic (exact) mass is 304 g/mol. The molecule has 2 amide bonds. The van der Waals surface area contributed by atoms with Gasteiger partial charge in [-0.25, -0.2) is 0 Å². The van der Waals surface area contributed by atoms with E-state index >= 15 is 0 Å². The van der Waals surface area contributed by atoms with Crippen molar-refractivity contribution in [2.75, 3.05) is 13.1 Å². The summed E-state index contributed by atoms with van der Waals surface area (Å²) in [7, 11) is 0. The Hall–Kier alpha value is -1.92. The van der Waals surface area contributed by atoms with Crippen molar-refractivity contribution in [1.29, 1.82) is 0 Å². The van der Waals surface area contributed by atoms with Crippen LogP contribution in [0.4, 0.5) is 0 Å². The van der Waals surface area contributed by atoms with E-state index in [1.165, 1.54) is 16.2 Å². The van der Waals surface area contributed by atoms with Crippen LogP contribution in [-0.4, -0.2) is 40.5 Å². The normalized spacial score (nSPS) is 22.4. The number of piperidine rings is 1. The van der Waals surface area contributed by atoms with Gasteiger partial charge < -0.3 is 15.7 Å². The third-order valence-corrected chi connectivity index (χ3v) is 4.89. The van der Waals surface area contributed by atoms with E-state index in [1.54, 1.807) is 6.07 Å². The molecule has 1 unspecified atom stereocenters. The highest BCUT2D eigenvalue weighted by Crippen LogP contribution is 2.28. The van der Waals surface area contributed by atoms with E-state index in [0.29, 0.717) is 24.9 Å². The van der Waals surface area contributed by atoms with Gasteiger partial charge in [-0.15, -0.1) is 11.3 Å². The highest BCUT2D eigenvalue weighted by atomic mass is 32.1. The third-order valence-electron chi connectivity index (χ3n) is 3.93. The molecule has 1 aromatic carbocycles. The summed E-state index contributed by atoms with van der Waals surface area (Å²) in [6.07, 6.45) is 0.862. The van der Waals surface area contributed by atoms with Gasteiger partial charge in [0.05, 0.1) is 12.1 Å². The van der Waals surface area contributed by atoms with Crippen molar-refractivity contribution in [2.45, 2.75) is 18.4 Å². The van der Waals surface area contributed by atoms with Gasteiger partial charge in [0.1, 0.15) is 0 Å². The molecule has 0 radical (unpaired) electrons. The lowest BCUT2D eigenvalue weighted by molar-refractivity contribution is -0.140. The highest BCUT2D eigenvalue weighted by Gasteiger charge is 2.40. The van der Waals surface area contributed by atoms with Crippen LogP contribution in [0.5, 0.6) is 0 Å². The second-order valence-corrected chi connectivity index (χ2v) is 6.29. The lowest BCUT2D eigenvalue weighted by Gasteiger charge is -2.37. The minimum atomic E-state index is -1.61. The molecule has 110 valence electrons. The third kappa shape index (κ3) is 2.41. The van der Waals surface area contributed by atoms with Gasteiger partial charge in [-0.1, -0.05) is 12.1 Å². The number of hydrogen-bond acceptors (Lipinski definition) is 4. The molecule has 3 N–H and O–H groups in total. The molecular formula is C15H16N2O3S. The lowest BCUT2D eigenvalue weighted by Crippen LogP contribution is -2.57. The van der Waals surface area contributed by atoms with Crippen LogP contribution in [0, 0.1) is 0 Å². The number of nitrogens with two attached hydrogens (primary N) is 1. The van der Waals surface area contributed by atoms with Crippen molar-refractivity contribution >= 4 is 33.2 Å². The maximum absolute atomic E-state index is 12.7. The van der Waals surface area contributed by atoms with Crippen molar-refractivity contribution in [3.8, 4) is 0 Å². The van der Waals surface area contributed by atoms with Gasteiger partial charge in [0.25, 0.3) is 11.8 Å². The van der Waals surface area contributed by atoms with Crippen molar-refractivity contribution in [3.05, 3.63) is 35.2 Å². The molecular weight excluding hydrogens is 288 g/mol. The topological polar surface area (TPSA) is 83.6 Å². The van der Waals surface area contributed by atoms with Crippen LogP contribution in [0.25, 0.3) is 10.1 Å². The summed E-state index contributed by atoms with van der Waals surface area (Å²) in [6.45, 7) is 0.485. The average molecular weight is 304 g/mol. The van der Waals surface area contributed by atoms with E-state index in [4.69, 9.17) is 5.73 Å². The Labute approximate surface area is 126 Å². The van der Waals surface area contributed by atoms with Gasteiger partial charge >= 0.3 is 0 Å². The van der Waals surface area contributed by atoms with Crippen LogP contribution < -0.4 is 5.73 Å². The largest absolute Gasteiger partial charge is 0.378 e. The predicted molar refractivity (Wildman–Crippen MR) is 81.1 cm³/mol. The molecule has 1 aliphatic rings. The van der Waals surface area contributed by atoms with Crippen LogP contribution in [0.1, 0.15) is 23.2 Å². The number of carbonyl (C=O) groups is 2. The number of thiophene rings is 1. The first-order valence-electron chi connectivity index (χ1n) is 6.79. The summed E-state index contributed by atoms with van der Waals surface area (Å²) in [5.41, 5.74) is 4.25. The minimum Gasteiger partial charge on any atom is -0.378 e. The number of aliphatic hydroxyl groups is 1. The highest BCUT2D eigenvalue weighted by molar-refractivity contribution is 7.17. The van der Waals surface area contributed by atoms with Gasteiger partial charge in [0, 0.05) is 11.2 Å². The summed E-state index contributed by atoms with van der Waals surface area (Å²) in [4.78, 5) is 25.6. The molecule has 0 bridgehead atoms. The molecule has 0 aliphatic carbocycles. The maximum atomic E-state index is 12.7. The fourth-order valence-electron chi connectivity index (χ4n) is 2.74. The van der Waals surface area contributed by atoms with Crippen molar-refractivity contribution in [2.24, 2.45) is 5.73 Å². The second-order valence-electron chi connectivity index (χ2n) is 5.37. The van der Waals surface area contributed by atoms with Crippen LogP contribution in [-0.2, 0) is 4.79 Å². The number of rotatable bonds is 2. The van der Waals surface area contributed by atoms with E-state index in [1.807, 2.05) is 23.6 Å². The molecule has 0 saturated carbocycles. The molecule has 1 fully saturated rings. The number of benzene rings is 1. The Balaban J connectivity index is 1.92. The van der Waals surface area contributed by atoms with Crippen molar-refractivity contribution in [3.63, 3.8) is 0 Å². The Morgan fingerprint density at radius 3 is 2.90 bits per heavy atom. The molecule has 6 heteroatoms. The number of carbonyl (C=O) groups excluding carboxylic acids is 2. The van der Waals surface area contributed by atoms with Gasteiger partial charge in [-0.2, -0.15) is 0 Å². The molecule has 1 aromatic heterocycles. The number of hydrogen-bond donors (Lipinski definition) is 2. The lowest BCUT2D eigenvalue weighted by atomic mass is 9.92.